The predicted octanol–water partition coefficient (Wildman–Crippen LogP) is 0.316. The van der Waals surface area contributed by atoms with Crippen molar-refractivity contribution in [3.05, 3.63) is 23.9 Å². The van der Waals surface area contributed by atoms with E-state index in [9.17, 15) is 9.59 Å². The number of carboxylic acids is 1. The van der Waals surface area contributed by atoms with Crippen molar-refractivity contribution in [3.63, 3.8) is 0 Å². The summed E-state index contributed by atoms with van der Waals surface area (Å²) in [4.78, 5) is 27.8. The Bertz CT molecular complexity index is 468. The lowest BCUT2D eigenvalue weighted by atomic mass is 10.0. The molecule has 0 atom stereocenters. The molecule has 1 fully saturated rings. The number of hydrogen-bond acceptors (Lipinski definition) is 4. The highest BCUT2D eigenvalue weighted by molar-refractivity contribution is 5.79. The lowest BCUT2D eigenvalue weighted by molar-refractivity contribution is -0.146. The molecular formula is C12H15N3O4. The highest BCUT2D eigenvalue weighted by Gasteiger charge is 2.35. The van der Waals surface area contributed by atoms with Crippen LogP contribution in [0, 0.1) is 5.92 Å². The summed E-state index contributed by atoms with van der Waals surface area (Å²) in [5, 5.41) is 11.4. The number of aliphatic carboxylic acids is 1. The van der Waals surface area contributed by atoms with Gasteiger partial charge in [-0.2, -0.15) is 0 Å². The van der Waals surface area contributed by atoms with Gasteiger partial charge in [-0.05, 0) is 5.56 Å². The normalized spacial score (nSPS) is 14.7. The van der Waals surface area contributed by atoms with E-state index in [0.29, 0.717) is 12.4 Å². The van der Waals surface area contributed by atoms with Crippen LogP contribution >= 0.6 is 0 Å². The van der Waals surface area contributed by atoms with Crippen LogP contribution in [0.15, 0.2) is 18.3 Å². The van der Waals surface area contributed by atoms with Crippen molar-refractivity contribution in [2.75, 3.05) is 20.2 Å². The van der Waals surface area contributed by atoms with Gasteiger partial charge in [-0.1, -0.05) is 6.07 Å². The van der Waals surface area contributed by atoms with Gasteiger partial charge in [0.15, 0.2) is 0 Å². The molecule has 2 amide bonds. The van der Waals surface area contributed by atoms with Gasteiger partial charge >= 0.3 is 12.0 Å². The van der Waals surface area contributed by atoms with Crippen LogP contribution in [-0.4, -0.2) is 47.2 Å². The van der Waals surface area contributed by atoms with Crippen molar-refractivity contribution in [1.29, 1.82) is 0 Å². The number of pyridine rings is 1. The second kappa shape index (κ2) is 5.55. The minimum Gasteiger partial charge on any atom is -0.481 e. The summed E-state index contributed by atoms with van der Waals surface area (Å²) in [6.07, 6.45) is 1.62. The zero-order valence-electron chi connectivity index (χ0n) is 10.5. The molecule has 0 aromatic carbocycles. The lowest BCUT2D eigenvalue weighted by Crippen LogP contribution is -2.56. The molecule has 0 saturated carbocycles. The molecule has 0 bridgehead atoms. The van der Waals surface area contributed by atoms with E-state index in [1.54, 1.807) is 12.3 Å². The van der Waals surface area contributed by atoms with Crippen molar-refractivity contribution < 1.29 is 19.4 Å². The maximum atomic E-state index is 11.7. The van der Waals surface area contributed by atoms with E-state index in [1.807, 2.05) is 6.07 Å². The van der Waals surface area contributed by atoms with Gasteiger partial charge in [0.05, 0.1) is 13.0 Å². The SMILES string of the molecule is COc1ccc(CNC(=O)N2CC(C(=O)O)C2)cn1. The highest BCUT2D eigenvalue weighted by Crippen LogP contribution is 2.15. The molecule has 19 heavy (non-hydrogen) atoms. The molecule has 2 rings (SSSR count). The third kappa shape index (κ3) is 3.12. The molecule has 7 heteroatoms. The first-order valence-corrected chi connectivity index (χ1v) is 5.84. The van der Waals surface area contributed by atoms with Crippen LogP contribution in [0.25, 0.3) is 0 Å². The molecule has 0 aliphatic carbocycles. The number of ether oxygens (including phenoxy) is 1. The summed E-state index contributed by atoms with van der Waals surface area (Å²) in [5.74, 6) is -0.779. The Morgan fingerprint density at radius 3 is 2.79 bits per heavy atom. The number of carbonyl (C=O) groups excluding carboxylic acids is 1. The standard InChI is InChI=1S/C12H15N3O4/c1-19-10-3-2-8(4-13-10)5-14-12(18)15-6-9(7-15)11(16)17/h2-4,9H,5-7H2,1H3,(H,14,18)(H,16,17). The number of urea groups is 1. The number of carboxylic acid groups (broad SMARTS) is 1. The van der Waals surface area contributed by atoms with Crippen LogP contribution in [0.5, 0.6) is 5.88 Å². The first-order chi connectivity index (χ1) is 9.10. The molecule has 1 aliphatic rings. The smallest absolute Gasteiger partial charge is 0.317 e. The Morgan fingerprint density at radius 2 is 2.26 bits per heavy atom. The Kier molecular flexibility index (Phi) is 3.84. The number of hydrogen-bond donors (Lipinski definition) is 2. The number of methoxy groups -OCH3 is 1. The highest BCUT2D eigenvalue weighted by atomic mass is 16.5. The van der Waals surface area contributed by atoms with Crippen LogP contribution in [-0.2, 0) is 11.3 Å². The number of likely N-dealkylation sites (tertiary alicyclic amines) is 1. The first kappa shape index (κ1) is 13.1. The van der Waals surface area contributed by atoms with Crippen molar-refractivity contribution in [2.45, 2.75) is 6.54 Å². The van der Waals surface area contributed by atoms with Gasteiger partial charge in [0.25, 0.3) is 0 Å². The van der Waals surface area contributed by atoms with Gasteiger partial charge in [-0.3, -0.25) is 4.79 Å². The van der Waals surface area contributed by atoms with Crippen LogP contribution < -0.4 is 10.1 Å². The number of carbonyl (C=O) groups is 2. The summed E-state index contributed by atoms with van der Waals surface area (Å²) < 4.78 is 4.93. The third-order valence-electron chi connectivity index (χ3n) is 2.97. The van der Waals surface area contributed by atoms with Gasteiger partial charge in [-0.15, -0.1) is 0 Å². The minimum absolute atomic E-state index is 0.256. The van der Waals surface area contributed by atoms with Crippen LogP contribution in [0.4, 0.5) is 4.79 Å². The third-order valence-corrected chi connectivity index (χ3v) is 2.97. The molecule has 2 heterocycles. The molecule has 1 aromatic rings. The van der Waals surface area contributed by atoms with Gasteiger partial charge in [0, 0.05) is 31.9 Å². The van der Waals surface area contributed by atoms with Gasteiger partial charge in [0.2, 0.25) is 5.88 Å². The van der Waals surface area contributed by atoms with Crippen molar-refractivity contribution in [1.82, 2.24) is 15.2 Å². The average molecular weight is 265 g/mol. The summed E-state index contributed by atoms with van der Waals surface area (Å²) in [7, 11) is 1.53. The summed E-state index contributed by atoms with van der Waals surface area (Å²) in [5.41, 5.74) is 0.851. The van der Waals surface area contributed by atoms with E-state index in [-0.39, 0.29) is 19.1 Å². The van der Waals surface area contributed by atoms with Crippen molar-refractivity contribution in [3.8, 4) is 5.88 Å². The molecule has 7 nitrogen and oxygen atoms in total. The van der Waals surface area contributed by atoms with Gasteiger partial charge in [-0.25, -0.2) is 9.78 Å². The molecule has 1 aromatic heterocycles. The number of nitrogens with zero attached hydrogens (tertiary/aromatic N) is 2. The monoisotopic (exact) mass is 265 g/mol. The van der Waals surface area contributed by atoms with Crippen LogP contribution in [0.3, 0.4) is 0 Å². The van der Waals surface area contributed by atoms with E-state index in [2.05, 4.69) is 10.3 Å². The molecular weight excluding hydrogens is 250 g/mol. The number of aromatic nitrogens is 1. The summed E-state index contributed by atoms with van der Waals surface area (Å²) >= 11 is 0. The van der Waals surface area contributed by atoms with E-state index < -0.39 is 11.9 Å². The first-order valence-electron chi connectivity index (χ1n) is 5.84. The van der Waals surface area contributed by atoms with Crippen molar-refractivity contribution in [2.24, 2.45) is 5.92 Å². The zero-order valence-corrected chi connectivity index (χ0v) is 10.5. The van der Waals surface area contributed by atoms with E-state index in [1.165, 1.54) is 12.0 Å². The fourth-order valence-corrected chi connectivity index (χ4v) is 1.73. The molecule has 0 unspecified atom stereocenters. The maximum absolute atomic E-state index is 11.7. The molecule has 0 spiro atoms. The lowest BCUT2D eigenvalue weighted by Gasteiger charge is -2.36. The summed E-state index contributed by atoms with van der Waals surface area (Å²) in [6.45, 7) is 0.883. The molecule has 1 saturated heterocycles. The Balaban J connectivity index is 1.76. The predicted molar refractivity (Wildman–Crippen MR) is 65.7 cm³/mol. The number of nitrogens with one attached hydrogen (secondary N) is 1. The van der Waals surface area contributed by atoms with Crippen LogP contribution in [0.2, 0.25) is 0 Å². The van der Waals surface area contributed by atoms with Crippen LogP contribution in [0.1, 0.15) is 5.56 Å². The zero-order chi connectivity index (χ0) is 13.8. The molecule has 0 radical (unpaired) electrons. The topological polar surface area (TPSA) is 91.8 Å². The number of amides is 2. The average Bonchev–Trinajstić information content (AvgIpc) is 2.34. The van der Waals surface area contributed by atoms with E-state index in [4.69, 9.17) is 9.84 Å². The fourth-order valence-electron chi connectivity index (χ4n) is 1.73. The largest absolute Gasteiger partial charge is 0.481 e. The Hall–Kier alpha value is -2.31. The molecule has 102 valence electrons. The second-order valence-electron chi connectivity index (χ2n) is 4.31. The molecule has 2 N–H and O–H groups in total. The minimum atomic E-state index is -0.858. The van der Waals surface area contributed by atoms with E-state index in [0.717, 1.165) is 5.56 Å². The van der Waals surface area contributed by atoms with Crippen molar-refractivity contribution >= 4 is 12.0 Å². The molecule has 1 aliphatic heterocycles. The Labute approximate surface area is 110 Å². The Morgan fingerprint density at radius 1 is 1.53 bits per heavy atom. The van der Waals surface area contributed by atoms with Gasteiger partial charge in [0.1, 0.15) is 0 Å². The fraction of sp³-hybridized carbons (Fsp3) is 0.417. The summed E-state index contributed by atoms with van der Waals surface area (Å²) in [6, 6.07) is 3.27. The van der Waals surface area contributed by atoms with Gasteiger partial charge < -0.3 is 20.1 Å². The quantitative estimate of drug-likeness (QED) is 0.817. The second-order valence-corrected chi connectivity index (χ2v) is 4.31. The maximum Gasteiger partial charge on any atom is 0.317 e. The number of rotatable bonds is 4. The van der Waals surface area contributed by atoms with E-state index >= 15 is 0 Å².